The summed E-state index contributed by atoms with van der Waals surface area (Å²) in [5.74, 6) is 2.24. The molecule has 0 N–H and O–H groups in total. The number of hydrogen-bond acceptors (Lipinski definition) is 3. The van der Waals surface area contributed by atoms with E-state index in [-0.39, 0.29) is 28.2 Å². The molecule has 1 fully saturated rings. The molecule has 3 aromatic carbocycles. The van der Waals surface area contributed by atoms with Crippen LogP contribution < -0.4 is 0 Å². The minimum atomic E-state index is -1.01. The normalized spacial score (nSPS) is 17.5. The topological polar surface area (TPSA) is 27.7 Å². The third-order valence-corrected chi connectivity index (χ3v) is 5.77. The summed E-state index contributed by atoms with van der Waals surface area (Å²) in [4.78, 5) is 0. The molecule has 188 valence electrons. The van der Waals surface area contributed by atoms with Crippen molar-refractivity contribution in [3.8, 4) is 23.0 Å². The Morgan fingerprint density at radius 1 is 0.889 bits per heavy atom. The van der Waals surface area contributed by atoms with Crippen LogP contribution in [-0.2, 0) is 14.2 Å². The first-order chi connectivity index (χ1) is 17.4. The first-order valence-corrected chi connectivity index (χ1v) is 11.7. The van der Waals surface area contributed by atoms with Gasteiger partial charge in [-0.25, -0.2) is 17.6 Å². The zero-order valence-electron chi connectivity index (χ0n) is 20.0. The van der Waals surface area contributed by atoms with Gasteiger partial charge < -0.3 is 14.2 Å². The van der Waals surface area contributed by atoms with E-state index in [2.05, 4.69) is 11.8 Å². The molecule has 3 aromatic rings. The molecule has 0 atom stereocenters. The van der Waals surface area contributed by atoms with Gasteiger partial charge in [-0.2, -0.15) is 0 Å². The van der Waals surface area contributed by atoms with Crippen molar-refractivity contribution < 1.29 is 31.8 Å². The number of aryl methyl sites for hydroxylation is 1. The summed E-state index contributed by atoms with van der Waals surface area (Å²) in [6.07, 6.45) is 0.268. The van der Waals surface area contributed by atoms with Gasteiger partial charge in [-0.1, -0.05) is 37.0 Å². The molecule has 1 aliphatic rings. The summed E-state index contributed by atoms with van der Waals surface area (Å²) in [5, 5.41) is 0. The van der Waals surface area contributed by atoms with Gasteiger partial charge >= 0.3 is 0 Å². The minimum Gasteiger partial charge on any atom is -0.381 e. The molecular formula is C29H26F4O3. The van der Waals surface area contributed by atoms with E-state index >= 15 is 0 Å². The van der Waals surface area contributed by atoms with E-state index in [9.17, 15) is 17.6 Å². The lowest BCUT2D eigenvalue weighted by Gasteiger charge is -2.29. The Morgan fingerprint density at radius 2 is 1.67 bits per heavy atom. The summed E-state index contributed by atoms with van der Waals surface area (Å²) in [6, 6.07) is 11.1. The molecule has 3 nitrogen and oxygen atoms in total. The van der Waals surface area contributed by atoms with Crippen LogP contribution in [0.5, 0.6) is 0 Å². The molecule has 0 spiro atoms. The summed E-state index contributed by atoms with van der Waals surface area (Å²) in [6.45, 7) is 5.62. The van der Waals surface area contributed by atoms with E-state index in [4.69, 9.17) is 14.2 Å². The second-order valence-corrected chi connectivity index (χ2v) is 8.71. The first-order valence-electron chi connectivity index (χ1n) is 11.7. The van der Waals surface area contributed by atoms with Crippen molar-refractivity contribution in [2.45, 2.75) is 26.6 Å². The molecule has 7 heteroatoms. The summed E-state index contributed by atoms with van der Waals surface area (Å²) in [5.41, 5.74) is 1.48. The van der Waals surface area contributed by atoms with Crippen LogP contribution >= 0.6 is 0 Å². The third-order valence-electron chi connectivity index (χ3n) is 5.77. The lowest BCUT2D eigenvalue weighted by atomic mass is 10.0. The van der Waals surface area contributed by atoms with Crippen LogP contribution in [0.25, 0.3) is 11.1 Å². The number of halogens is 4. The molecular weight excluding hydrogens is 472 g/mol. The molecule has 0 unspecified atom stereocenters. The predicted molar refractivity (Wildman–Crippen MR) is 128 cm³/mol. The van der Waals surface area contributed by atoms with Crippen LogP contribution in [-0.4, -0.2) is 26.4 Å². The highest BCUT2D eigenvalue weighted by atomic mass is 19.2. The van der Waals surface area contributed by atoms with E-state index in [0.29, 0.717) is 37.6 Å². The second kappa shape index (κ2) is 11.7. The molecule has 36 heavy (non-hydrogen) atoms. The second-order valence-electron chi connectivity index (χ2n) is 8.71. The molecule has 0 amide bonds. The van der Waals surface area contributed by atoms with Crippen molar-refractivity contribution in [3.63, 3.8) is 0 Å². The highest BCUT2D eigenvalue weighted by molar-refractivity contribution is 5.66. The van der Waals surface area contributed by atoms with Gasteiger partial charge in [-0.15, -0.1) is 0 Å². The standard InChI is InChI=1S/C29H26F4O3/c1-3-10-34-15-20-16-35-29(36-17-20)23-8-9-24(26(31)14-23)22-7-6-21(25(30)13-22)5-4-19-11-18(2)28(33)27(32)12-19/h6-9,11-14,20,29H,3,10,15-17H2,1-2H3. The average Bonchev–Trinajstić information content (AvgIpc) is 2.87. The maximum Gasteiger partial charge on any atom is 0.183 e. The maximum atomic E-state index is 14.9. The SMILES string of the molecule is CCCOCC1COC(c2ccc(-c3ccc(C#Cc4cc(C)c(F)c(F)c4)c(F)c3)c(F)c2)OC1. The van der Waals surface area contributed by atoms with Crippen LogP contribution in [0, 0.1) is 48.0 Å². The molecule has 4 rings (SSSR count). The number of hydrogen-bond donors (Lipinski definition) is 0. The molecule has 0 radical (unpaired) electrons. The molecule has 0 aliphatic carbocycles. The Balaban J connectivity index is 1.45. The maximum absolute atomic E-state index is 14.9. The summed E-state index contributed by atoms with van der Waals surface area (Å²) < 4.78 is 73.7. The zero-order chi connectivity index (χ0) is 25.7. The van der Waals surface area contributed by atoms with E-state index in [1.807, 2.05) is 6.92 Å². The first kappa shape index (κ1) is 25.9. The Kier molecular flexibility index (Phi) is 8.42. The average molecular weight is 499 g/mol. The highest BCUT2D eigenvalue weighted by Gasteiger charge is 2.24. The number of benzene rings is 3. The lowest BCUT2D eigenvalue weighted by molar-refractivity contribution is -0.212. The Labute approximate surface area is 208 Å². The smallest absolute Gasteiger partial charge is 0.183 e. The van der Waals surface area contributed by atoms with Gasteiger partial charge in [-0.3, -0.25) is 0 Å². The van der Waals surface area contributed by atoms with E-state index in [0.717, 1.165) is 12.5 Å². The van der Waals surface area contributed by atoms with Crippen LogP contribution in [0.3, 0.4) is 0 Å². The Hall–Kier alpha value is -3.18. The molecule has 0 aromatic heterocycles. The summed E-state index contributed by atoms with van der Waals surface area (Å²) >= 11 is 0. The largest absolute Gasteiger partial charge is 0.381 e. The van der Waals surface area contributed by atoms with E-state index < -0.39 is 29.6 Å². The van der Waals surface area contributed by atoms with Crippen molar-refractivity contribution in [1.82, 2.24) is 0 Å². The lowest BCUT2D eigenvalue weighted by Crippen LogP contribution is -2.30. The van der Waals surface area contributed by atoms with Gasteiger partial charge in [0, 0.05) is 29.2 Å². The van der Waals surface area contributed by atoms with Crippen molar-refractivity contribution in [1.29, 1.82) is 0 Å². The van der Waals surface area contributed by atoms with Crippen LogP contribution in [0.2, 0.25) is 0 Å². The monoisotopic (exact) mass is 498 g/mol. The number of ether oxygens (including phenoxy) is 3. The van der Waals surface area contributed by atoms with Gasteiger partial charge in [0.2, 0.25) is 0 Å². The Morgan fingerprint density at radius 3 is 2.33 bits per heavy atom. The Bertz CT molecular complexity index is 1260. The van der Waals surface area contributed by atoms with Gasteiger partial charge in [0.05, 0.1) is 25.4 Å². The molecule has 0 bridgehead atoms. The fourth-order valence-electron chi connectivity index (χ4n) is 3.86. The number of rotatable bonds is 6. The van der Waals surface area contributed by atoms with Crippen molar-refractivity contribution >= 4 is 0 Å². The zero-order valence-corrected chi connectivity index (χ0v) is 20.0. The minimum absolute atomic E-state index is 0.0552. The predicted octanol–water partition coefficient (Wildman–Crippen LogP) is 6.71. The fraction of sp³-hybridized carbons (Fsp3) is 0.310. The quantitative estimate of drug-likeness (QED) is 0.215. The van der Waals surface area contributed by atoms with Crippen LogP contribution in [0.1, 0.15) is 41.9 Å². The highest BCUT2D eigenvalue weighted by Crippen LogP contribution is 2.30. The molecule has 1 aliphatic heterocycles. The van der Waals surface area contributed by atoms with Crippen molar-refractivity contribution in [2.75, 3.05) is 26.4 Å². The summed E-state index contributed by atoms with van der Waals surface area (Å²) in [7, 11) is 0. The van der Waals surface area contributed by atoms with Gasteiger partial charge in [0.15, 0.2) is 17.9 Å². The third kappa shape index (κ3) is 6.14. The van der Waals surface area contributed by atoms with Crippen molar-refractivity contribution in [3.05, 3.63) is 94.1 Å². The van der Waals surface area contributed by atoms with Crippen LogP contribution in [0.15, 0.2) is 48.5 Å². The molecule has 1 heterocycles. The van der Waals surface area contributed by atoms with Gasteiger partial charge in [0.25, 0.3) is 0 Å². The van der Waals surface area contributed by atoms with Crippen LogP contribution in [0.4, 0.5) is 17.6 Å². The van der Waals surface area contributed by atoms with E-state index in [1.165, 1.54) is 31.2 Å². The van der Waals surface area contributed by atoms with E-state index in [1.54, 1.807) is 18.2 Å². The van der Waals surface area contributed by atoms with Crippen molar-refractivity contribution in [2.24, 2.45) is 5.92 Å². The van der Waals surface area contributed by atoms with Gasteiger partial charge in [-0.05, 0) is 54.8 Å². The fourth-order valence-corrected chi connectivity index (χ4v) is 3.86. The van der Waals surface area contributed by atoms with Gasteiger partial charge in [0.1, 0.15) is 11.6 Å². The molecule has 1 saturated heterocycles. The molecule has 0 saturated carbocycles.